The average Bonchev–Trinajstić information content (AvgIpc) is 2.32. The van der Waals surface area contributed by atoms with E-state index in [-0.39, 0.29) is 0 Å². The van der Waals surface area contributed by atoms with Crippen LogP contribution in [0.25, 0.3) is 0 Å². The van der Waals surface area contributed by atoms with Crippen LogP contribution in [0.5, 0.6) is 0 Å². The quantitative estimate of drug-likeness (QED) is 0.517. The third-order valence-corrected chi connectivity index (χ3v) is 1.30. The molecule has 0 aromatic carbocycles. The van der Waals surface area contributed by atoms with Crippen LogP contribution in [0.1, 0.15) is 0 Å². The van der Waals surface area contributed by atoms with Crippen LogP contribution in [-0.2, 0) is 0 Å². The summed E-state index contributed by atoms with van der Waals surface area (Å²) in [4.78, 5) is -0.812. The van der Waals surface area contributed by atoms with Gasteiger partial charge in [-0.05, 0) is 0 Å². The summed E-state index contributed by atoms with van der Waals surface area (Å²) in [5.74, 6) is 0. The molecule has 0 aromatic heterocycles. The fraction of sp³-hybridized carbons (Fsp3) is 0.750. The summed E-state index contributed by atoms with van der Waals surface area (Å²) in [5.41, 5.74) is 1.66. The van der Waals surface area contributed by atoms with Crippen LogP contribution < -0.4 is 5.43 Å². The fourth-order valence-corrected chi connectivity index (χ4v) is 0.665. The Morgan fingerprint density at radius 1 is 1.23 bits per heavy atom. The molecule has 76 valence electrons. The number of hydrazone groups is 1. The van der Waals surface area contributed by atoms with E-state index in [9.17, 15) is 26.3 Å². The summed E-state index contributed by atoms with van der Waals surface area (Å²) in [6, 6.07) is -5.25. The Labute approximate surface area is 68.0 Å². The Morgan fingerprint density at radius 3 is 2.08 bits per heavy atom. The van der Waals surface area contributed by atoms with Crippen molar-refractivity contribution < 1.29 is 26.3 Å². The Hall–Kier alpha value is -1.15. The van der Waals surface area contributed by atoms with E-state index in [1.54, 1.807) is 5.43 Å². The first-order valence-electron chi connectivity index (χ1n) is 2.95. The molecule has 0 saturated carbocycles. The van der Waals surface area contributed by atoms with Gasteiger partial charge in [0, 0.05) is 0 Å². The smallest absolute Gasteiger partial charge is 0.286 e. The Morgan fingerprint density at radius 2 is 1.77 bits per heavy atom. The number of nitrogens with one attached hydrogen (secondary N) is 1. The number of hydrogen-bond donors (Lipinski definition) is 1. The maximum atomic E-state index is 12.3. The molecule has 1 heterocycles. The van der Waals surface area contributed by atoms with Crippen molar-refractivity contribution >= 4 is 6.09 Å². The highest BCUT2D eigenvalue weighted by atomic mass is 19.4. The predicted molar refractivity (Wildman–Crippen MR) is 29.4 cm³/mol. The van der Waals surface area contributed by atoms with Crippen molar-refractivity contribution in [3.63, 3.8) is 0 Å². The monoisotopic (exact) mass is 207 g/mol. The molecule has 1 rings (SSSR count). The van der Waals surface area contributed by atoms with E-state index in [2.05, 4.69) is 5.10 Å². The molecule has 0 amide bonds. The molecule has 0 bridgehead atoms. The molecule has 0 saturated heterocycles. The van der Waals surface area contributed by atoms with Crippen molar-refractivity contribution in [1.82, 2.24) is 10.3 Å². The lowest BCUT2D eigenvalue weighted by molar-refractivity contribution is -0.326. The van der Waals surface area contributed by atoms with Crippen LogP contribution in [0.4, 0.5) is 26.3 Å². The Kier molecular flexibility index (Phi) is 2.04. The van der Waals surface area contributed by atoms with E-state index in [0.717, 1.165) is 0 Å². The molecule has 3 nitrogen and oxygen atoms in total. The van der Waals surface area contributed by atoms with Gasteiger partial charge < -0.3 is 0 Å². The van der Waals surface area contributed by atoms with Gasteiger partial charge in [0.05, 0.1) is 0 Å². The van der Waals surface area contributed by atoms with Crippen LogP contribution in [0.3, 0.4) is 0 Å². The minimum atomic E-state index is -5.83. The number of nitrogens with zero attached hydrogens (tertiary/aromatic N) is 2. The summed E-state index contributed by atoms with van der Waals surface area (Å²) < 4.78 is 71.8. The zero-order chi connectivity index (χ0) is 10.3. The normalized spacial score (nSPS) is 18.6. The molecule has 0 aliphatic carbocycles. The van der Waals surface area contributed by atoms with Crippen molar-refractivity contribution in [2.75, 3.05) is 6.67 Å². The zero-order valence-corrected chi connectivity index (χ0v) is 5.87. The number of rotatable bonds is 1. The molecule has 1 aliphatic heterocycles. The average molecular weight is 207 g/mol. The summed E-state index contributed by atoms with van der Waals surface area (Å²) >= 11 is 0. The number of amidine groups is 1. The number of hydrogen-bond acceptors (Lipinski definition) is 3. The molecule has 13 heavy (non-hydrogen) atoms. The molecule has 9 heteroatoms. The van der Waals surface area contributed by atoms with Gasteiger partial charge in [0.25, 0.3) is 0 Å². The largest absolute Gasteiger partial charge is 0.475 e. The molecule has 0 radical (unpaired) electrons. The lowest BCUT2D eigenvalue weighted by atomic mass is 10.5. The molecule has 0 aromatic rings. The van der Waals surface area contributed by atoms with Crippen LogP contribution in [0.15, 0.2) is 5.10 Å². The second kappa shape index (κ2) is 2.67. The van der Waals surface area contributed by atoms with Crippen molar-refractivity contribution in [1.29, 1.82) is 0 Å². The molecule has 1 N–H and O–H groups in total. The summed E-state index contributed by atoms with van der Waals surface area (Å²) in [7, 11) is 0. The van der Waals surface area contributed by atoms with Gasteiger partial charge in [0.1, 0.15) is 6.67 Å². The summed E-state index contributed by atoms with van der Waals surface area (Å²) in [6.45, 7) is -1.02. The van der Waals surface area contributed by atoms with Crippen LogP contribution in [-0.4, -0.2) is 29.9 Å². The molecule has 0 spiro atoms. The van der Waals surface area contributed by atoms with E-state index < -0.39 is 29.9 Å². The van der Waals surface area contributed by atoms with Gasteiger partial charge in [-0.1, -0.05) is 0 Å². The van der Waals surface area contributed by atoms with Crippen LogP contribution in [0, 0.1) is 0 Å². The first-order valence-corrected chi connectivity index (χ1v) is 2.95. The van der Waals surface area contributed by atoms with Gasteiger partial charge >= 0.3 is 18.3 Å². The Bertz CT molecular complexity index is 233. The first kappa shape index (κ1) is 9.93. The molecular weight excluding hydrogens is 204 g/mol. The van der Waals surface area contributed by atoms with E-state index >= 15 is 0 Å². The van der Waals surface area contributed by atoms with E-state index in [4.69, 9.17) is 0 Å². The molecule has 0 atom stereocenters. The third kappa shape index (κ3) is 1.49. The second-order valence-corrected chi connectivity index (χ2v) is 2.16. The van der Waals surface area contributed by atoms with Crippen LogP contribution in [0.2, 0.25) is 0 Å². The van der Waals surface area contributed by atoms with Crippen molar-refractivity contribution in [2.45, 2.75) is 12.2 Å². The maximum absolute atomic E-state index is 12.3. The van der Waals surface area contributed by atoms with Gasteiger partial charge in [-0.15, -0.1) is 5.10 Å². The number of alkyl halides is 5. The van der Waals surface area contributed by atoms with Gasteiger partial charge in [0.15, 0.2) is 0 Å². The highest BCUT2D eigenvalue weighted by molar-refractivity contribution is 5.74. The van der Waals surface area contributed by atoms with E-state index in [0.29, 0.717) is 0 Å². The standard InChI is InChI=1S/C4H3F6N3/c5-2-12-11-1-13(2)4(9,10)3(6,7)8/h11H,1H2. The minimum Gasteiger partial charge on any atom is -0.286 e. The predicted octanol–water partition coefficient (Wildman–Crippen LogP) is 1.24. The maximum Gasteiger partial charge on any atom is 0.475 e. The topological polar surface area (TPSA) is 27.6 Å². The molecular formula is C4H3F6N3. The van der Waals surface area contributed by atoms with Crippen molar-refractivity contribution in [3.05, 3.63) is 0 Å². The second-order valence-electron chi connectivity index (χ2n) is 2.16. The van der Waals surface area contributed by atoms with Gasteiger partial charge in [0.2, 0.25) is 0 Å². The Balaban J connectivity index is 2.87. The van der Waals surface area contributed by atoms with Gasteiger partial charge in [-0.3, -0.25) is 5.43 Å². The molecule has 0 unspecified atom stereocenters. The van der Waals surface area contributed by atoms with Gasteiger partial charge in [-0.25, -0.2) is 4.90 Å². The minimum absolute atomic E-state index is 0.812. The SMILES string of the molecule is FC1=NNCN1C(F)(F)C(F)(F)F. The first-order chi connectivity index (χ1) is 5.77. The highest BCUT2D eigenvalue weighted by Crippen LogP contribution is 2.38. The van der Waals surface area contributed by atoms with Crippen molar-refractivity contribution in [2.24, 2.45) is 5.10 Å². The van der Waals surface area contributed by atoms with Gasteiger partial charge in [-0.2, -0.15) is 26.3 Å². The lowest BCUT2D eigenvalue weighted by Gasteiger charge is -2.27. The van der Waals surface area contributed by atoms with E-state index in [1.165, 1.54) is 0 Å². The van der Waals surface area contributed by atoms with E-state index in [1.807, 2.05) is 0 Å². The van der Waals surface area contributed by atoms with Crippen molar-refractivity contribution in [3.8, 4) is 0 Å². The molecule has 0 fully saturated rings. The third-order valence-electron chi connectivity index (χ3n) is 1.30. The molecule has 1 aliphatic rings. The fourth-order valence-electron chi connectivity index (χ4n) is 0.665. The highest BCUT2D eigenvalue weighted by Gasteiger charge is 2.63. The lowest BCUT2D eigenvalue weighted by Crippen LogP contribution is -2.53. The number of halogens is 6. The zero-order valence-electron chi connectivity index (χ0n) is 5.87. The summed E-state index contributed by atoms with van der Waals surface area (Å²) in [5, 5.41) is 2.54. The van der Waals surface area contributed by atoms with Crippen LogP contribution >= 0.6 is 0 Å². The summed E-state index contributed by atoms with van der Waals surface area (Å²) in [6.07, 6.45) is -7.71.